The minimum atomic E-state index is 0.389. The van der Waals surface area contributed by atoms with E-state index < -0.39 is 0 Å². The molecule has 0 saturated carbocycles. The lowest BCUT2D eigenvalue weighted by Gasteiger charge is -2.11. The van der Waals surface area contributed by atoms with E-state index in [1.807, 2.05) is 11.8 Å². The van der Waals surface area contributed by atoms with Crippen LogP contribution in [-0.4, -0.2) is 30.1 Å². The van der Waals surface area contributed by atoms with Crippen LogP contribution in [0, 0.1) is 5.92 Å². The van der Waals surface area contributed by atoms with Crippen molar-refractivity contribution in [3.63, 3.8) is 0 Å². The first-order valence-electron chi connectivity index (χ1n) is 4.64. The van der Waals surface area contributed by atoms with Gasteiger partial charge in [0, 0.05) is 24.3 Å². The van der Waals surface area contributed by atoms with Crippen LogP contribution in [-0.2, 0) is 4.74 Å². The van der Waals surface area contributed by atoms with Gasteiger partial charge in [-0.15, -0.1) is 11.6 Å². The Balaban J connectivity index is 1.98. The quantitative estimate of drug-likeness (QED) is 0.508. The second-order valence-electron chi connectivity index (χ2n) is 3.21. The van der Waals surface area contributed by atoms with Crippen LogP contribution in [0.1, 0.15) is 19.8 Å². The van der Waals surface area contributed by atoms with E-state index in [9.17, 15) is 0 Å². The first kappa shape index (κ1) is 10.7. The Morgan fingerprint density at radius 2 is 2.25 bits per heavy atom. The van der Waals surface area contributed by atoms with Gasteiger partial charge in [-0.25, -0.2) is 0 Å². The third kappa shape index (κ3) is 3.55. The van der Waals surface area contributed by atoms with Crippen LogP contribution in [0.3, 0.4) is 0 Å². The van der Waals surface area contributed by atoms with Gasteiger partial charge >= 0.3 is 0 Å². The molecule has 0 bridgehead atoms. The average molecular weight is 209 g/mol. The maximum atomic E-state index is 6.11. The molecule has 2 atom stereocenters. The van der Waals surface area contributed by atoms with E-state index in [0.29, 0.717) is 11.3 Å². The molecule has 0 aliphatic carbocycles. The lowest BCUT2D eigenvalue weighted by molar-refractivity contribution is 0.123. The van der Waals surface area contributed by atoms with E-state index in [1.165, 1.54) is 5.75 Å². The second-order valence-corrected chi connectivity index (χ2v) is 4.85. The molecular formula is C9H17ClOS. The predicted molar refractivity (Wildman–Crippen MR) is 56.2 cm³/mol. The molecule has 12 heavy (non-hydrogen) atoms. The summed E-state index contributed by atoms with van der Waals surface area (Å²) in [5.41, 5.74) is 0. The normalized spacial score (nSPS) is 29.5. The summed E-state index contributed by atoms with van der Waals surface area (Å²) in [7, 11) is 0. The fourth-order valence-corrected chi connectivity index (χ4v) is 3.24. The van der Waals surface area contributed by atoms with Crippen molar-refractivity contribution < 1.29 is 4.74 Å². The monoisotopic (exact) mass is 208 g/mol. The molecule has 72 valence electrons. The highest BCUT2D eigenvalue weighted by Crippen LogP contribution is 2.30. The molecule has 1 fully saturated rings. The van der Waals surface area contributed by atoms with E-state index in [4.69, 9.17) is 16.3 Å². The summed E-state index contributed by atoms with van der Waals surface area (Å²) in [5, 5.41) is 0.389. The molecule has 2 unspecified atom stereocenters. The molecule has 1 aliphatic heterocycles. The smallest absolute Gasteiger partial charge is 0.0469 e. The largest absolute Gasteiger partial charge is 0.381 e. The minimum Gasteiger partial charge on any atom is -0.381 e. The van der Waals surface area contributed by atoms with Crippen LogP contribution < -0.4 is 0 Å². The summed E-state index contributed by atoms with van der Waals surface area (Å²) in [6, 6.07) is 0. The van der Waals surface area contributed by atoms with Crippen molar-refractivity contribution in [2.45, 2.75) is 25.1 Å². The van der Waals surface area contributed by atoms with Crippen LogP contribution in [0.5, 0.6) is 0 Å². The Bertz CT molecular complexity index is 121. The maximum absolute atomic E-state index is 6.11. The highest BCUT2D eigenvalue weighted by Gasteiger charge is 2.25. The number of ether oxygens (including phenoxy) is 1. The molecule has 1 nitrogen and oxygen atoms in total. The maximum Gasteiger partial charge on any atom is 0.0469 e. The molecule has 0 N–H and O–H groups in total. The van der Waals surface area contributed by atoms with Crippen molar-refractivity contribution in [2.75, 3.05) is 24.7 Å². The van der Waals surface area contributed by atoms with Crippen molar-refractivity contribution in [1.29, 1.82) is 0 Å². The van der Waals surface area contributed by atoms with E-state index in [-0.39, 0.29) is 0 Å². The molecule has 3 heteroatoms. The lowest BCUT2D eigenvalue weighted by atomic mass is 10.1. The van der Waals surface area contributed by atoms with Crippen LogP contribution in [0.25, 0.3) is 0 Å². The van der Waals surface area contributed by atoms with Gasteiger partial charge in [0.25, 0.3) is 0 Å². The highest BCUT2D eigenvalue weighted by molar-refractivity contribution is 7.99. The molecule has 0 aromatic carbocycles. The van der Waals surface area contributed by atoms with Crippen LogP contribution in [0.2, 0.25) is 0 Å². The molecule has 1 heterocycles. The van der Waals surface area contributed by atoms with Crippen molar-refractivity contribution in [3.05, 3.63) is 0 Å². The number of alkyl halides is 1. The SMILES string of the molecule is CCCOCCC1CSCC1Cl. The summed E-state index contributed by atoms with van der Waals surface area (Å²) in [5.74, 6) is 3.04. The fourth-order valence-electron chi connectivity index (χ4n) is 1.32. The Morgan fingerprint density at radius 1 is 1.42 bits per heavy atom. The summed E-state index contributed by atoms with van der Waals surface area (Å²) < 4.78 is 5.43. The van der Waals surface area contributed by atoms with Gasteiger partial charge in [0.15, 0.2) is 0 Å². The third-order valence-corrected chi connectivity index (χ3v) is 4.05. The van der Waals surface area contributed by atoms with E-state index in [2.05, 4.69) is 6.92 Å². The number of thioether (sulfide) groups is 1. The summed E-state index contributed by atoms with van der Waals surface area (Å²) >= 11 is 8.08. The third-order valence-electron chi connectivity index (χ3n) is 2.10. The van der Waals surface area contributed by atoms with Gasteiger partial charge in [-0.05, 0) is 24.5 Å². The predicted octanol–water partition coefficient (Wildman–Crippen LogP) is 2.77. The summed E-state index contributed by atoms with van der Waals surface area (Å²) in [6.07, 6.45) is 2.25. The van der Waals surface area contributed by atoms with Gasteiger partial charge in [-0.1, -0.05) is 6.92 Å². The van der Waals surface area contributed by atoms with Gasteiger partial charge in [-0.3, -0.25) is 0 Å². The zero-order valence-electron chi connectivity index (χ0n) is 7.59. The number of hydrogen-bond donors (Lipinski definition) is 0. The Labute approximate surface area is 84.2 Å². The van der Waals surface area contributed by atoms with Gasteiger partial charge in [0.1, 0.15) is 0 Å². The molecule has 0 radical (unpaired) electrons. The van der Waals surface area contributed by atoms with Crippen LogP contribution >= 0.6 is 23.4 Å². The molecule has 1 saturated heterocycles. The number of halogens is 1. The first-order valence-corrected chi connectivity index (χ1v) is 6.23. The van der Waals surface area contributed by atoms with Gasteiger partial charge in [0.2, 0.25) is 0 Å². The molecule has 0 spiro atoms. The van der Waals surface area contributed by atoms with E-state index >= 15 is 0 Å². The topological polar surface area (TPSA) is 9.23 Å². The standard InChI is InChI=1S/C9H17ClOS/c1-2-4-11-5-3-8-6-12-7-9(8)10/h8-9H,2-7H2,1H3. The van der Waals surface area contributed by atoms with Gasteiger partial charge in [0.05, 0.1) is 0 Å². The van der Waals surface area contributed by atoms with Crippen molar-refractivity contribution >= 4 is 23.4 Å². The average Bonchev–Trinajstić information content (AvgIpc) is 2.46. The van der Waals surface area contributed by atoms with Crippen molar-refractivity contribution in [3.8, 4) is 0 Å². The Hall–Kier alpha value is 0.600. The highest BCUT2D eigenvalue weighted by atomic mass is 35.5. The lowest BCUT2D eigenvalue weighted by Crippen LogP contribution is -2.14. The second kappa shape index (κ2) is 6.11. The van der Waals surface area contributed by atoms with Crippen LogP contribution in [0.4, 0.5) is 0 Å². The fraction of sp³-hybridized carbons (Fsp3) is 1.00. The van der Waals surface area contributed by atoms with Crippen LogP contribution in [0.15, 0.2) is 0 Å². The number of hydrogen-bond acceptors (Lipinski definition) is 2. The zero-order chi connectivity index (χ0) is 8.81. The molecular weight excluding hydrogens is 192 g/mol. The minimum absolute atomic E-state index is 0.389. The molecule has 1 aliphatic rings. The Kier molecular flexibility index (Phi) is 5.44. The van der Waals surface area contributed by atoms with Gasteiger partial charge < -0.3 is 4.74 Å². The molecule has 1 rings (SSSR count). The molecule has 0 aromatic rings. The van der Waals surface area contributed by atoms with Gasteiger partial charge in [-0.2, -0.15) is 11.8 Å². The summed E-state index contributed by atoms with van der Waals surface area (Å²) in [4.78, 5) is 0. The summed E-state index contributed by atoms with van der Waals surface area (Å²) in [6.45, 7) is 3.92. The zero-order valence-corrected chi connectivity index (χ0v) is 9.16. The van der Waals surface area contributed by atoms with Crippen molar-refractivity contribution in [1.82, 2.24) is 0 Å². The molecule has 0 amide bonds. The van der Waals surface area contributed by atoms with Crippen molar-refractivity contribution in [2.24, 2.45) is 5.92 Å². The molecule has 0 aromatic heterocycles. The van der Waals surface area contributed by atoms with E-state index in [1.54, 1.807) is 0 Å². The van der Waals surface area contributed by atoms with E-state index in [0.717, 1.165) is 31.8 Å². The number of rotatable bonds is 5. The Morgan fingerprint density at radius 3 is 2.83 bits per heavy atom. The first-order chi connectivity index (χ1) is 5.84.